The Morgan fingerprint density at radius 2 is 1.94 bits per heavy atom. The number of aryl methyl sites for hydroxylation is 1. The van der Waals surface area contributed by atoms with Crippen LogP contribution in [0.4, 0.5) is 0 Å². The quantitative estimate of drug-likeness (QED) is 0.828. The third kappa shape index (κ3) is 4.45. The van der Waals surface area contributed by atoms with Crippen LogP contribution in [0.25, 0.3) is 0 Å². The standard InChI is InChI=1S/C14H20N2OS/c1-10-4-6-12(7-5-10)9-14(17)16(3)11(2)8-13(15)18/h4-7,11H,8-9H2,1-3H3,(H2,15,18). The second kappa shape index (κ2) is 6.50. The molecule has 1 aromatic rings. The summed E-state index contributed by atoms with van der Waals surface area (Å²) in [5.74, 6) is 0.0857. The first kappa shape index (κ1) is 14.6. The van der Waals surface area contributed by atoms with Gasteiger partial charge in [-0.25, -0.2) is 0 Å². The minimum Gasteiger partial charge on any atom is -0.393 e. The predicted molar refractivity (Wildman–Crippen MR) is 78.5 cm³/mol. The number of likely N-dealkylation sites (N-methyl/N-ethyl adjacent to an activating group) is 1. The van der Waals surface area contributed by atoms with Gasteiger partial charge < -0.3 is 10.6 Å². The molecule has 0 fully saturated rings. The molecule has 0 bridgehead atoms. The monoisotopic (exact) mass is 264 g/mol. The van der Waals surface area contributed by atoms with E-state index in [1.54, 1.807) is 11.9 Å². The zero-order valence-electron chi connectivity index (χ0n) is 11.1. The Labute approximate surface area is 114 Å². The molecule has 0 spiro atoms. The lowest BCUT2D eigenvalue weighted by Crippen LogP contribution is -2.38. The number of nitrogens with two attached hydrogens (primary N) is 1. The molecule has 1 unspecified atom stereocenters. The zero-order valence-corrected chi connectivity index (χ0v) is 12.0. The van der Waals surface area contributed by atoms with Crippen LogP contribution in [0.1, 0.15) is 24.5 Å². The van der Waals surface area contributed by atoms with E-state index in [2.05, 4.69) is 0 Å². The highest BCUT2D eigenvalue weighted by molar-refractivity contribution is 7.80. The summed E-state index contributed by atoms with van der Waals surface area (Å²) in [6.45, 7) is 3.98. The van der Waals surface area contributed by atoms with E-state index < -0.39 is 0 Å². The fourth-order valence-corrected chi connectivity index (χ4v) is 1.92. The van der Waals surface area contributed by atoms with Crippen molar-refractivity contribution >= 4 is 23.1 Å². The summed E-state index contributed by atoms with van der Waals surface area (Å²) in [6.07, 6.45) is 0.976. The van der Waals surface area contributed by atoms with Crippen molar-refractivity contribution in [3.63, 3.8) is 0 Å². The second-order valence-electron chi connectivity index (χ2n) is 4.69. The molecule has 0 aliphatic heterocycles. The van der Waals surface area contributed by atoms with E-state index in [-0.39, 0.29) is 11.9 Å². The van der Waals surface area contributed by atoms with Crippen molar-refractivity contribution < 1.29 is 4.79 Å². The van der Waals surface area contributed by atoms with Crippen molar-refractivity contribution in [2.75, 3.05) is 7.05 Å². The van der Waals surface area contributed by atoms with Gasteiger partial charge in [0.1, 0.15) is 0 Å². The SMILES string of the molecule is Cc1ccc(CC(=O)N(C)C(C)CC(N)=S)cc1. The van der Waals surface area contributed by atoms with E-state index in [1.807, 2.05) is 38.1 Å². The van der Waals surface area contributed by atoms with Crippen LogP contribution in [0.2, 0.25) is 0 Å². The fraction of sp³-hybridized carbons (Fsp3) is 0.429. The molecule has 0 saturated carbocycles. The fourth-order valence-electron chi connectivity index (χ4n) is 1.68. The molecule has 98 valence electrons. The maximum Gasteiger partial charge on any atom is 0.226 e. The number of amides is 1. The number of carbonyl (C=O) groups excluding carboxylic acids is 1. The first-order valence-corrected chi connectivity index (χ1v) is 6.40. The van der Waals surface area contributed by atoms with Gasteiger partial charge in [-0.05, 0) is 19.4 Å². The van der Waals surface area contributed by atoms with Crippen LogP contribution in [-0.4, -0.2) is 28.9 Å². The largest absolute Gasteiger partial charge is 0.393 e. The lowest BCUT2D eigenvalue weighted by molar-refractivity contribution is -0.130. The Morgan fingerprint density at radius 1 is 1.39 bits per heavy atom. The average molecular weight is 264 g/mol. The van der Waals surface area contributed by atoms with Gasteiger partial charge >= 0.3 is 0 Å². The van der Waals surface area contributed by atoms with Gasteiger partial charge in [0.15, 0.2) is 0 Å². The Hall–Kier alpha value is -1.42. The van der Waals surface area contributed by atoms with E-state index in [0.29, 0.717) is 17.8 Å². The molecule has 2 N–H and O–H groups in total. The van der Waals surface area contributed by atoms with Crippen molar-refractivity contribution in [2.24, 2.45) is 5.73 Å². The van der Waals surface area contributed by atoms with Crippen LogP contribution < -0.4 is 5.73 Å². The van der Waals surface area contributed by atoms with Crippen molar-refractivity contribution in [3.05, 3.63) is 35.4 Å². The molecule has 0 radical (unpaired) electrons. The molecular formula is C14H20N2OS. The van der Waals surface area contributed by atoms with Crippen molar-refractivity contribution in [3.8, 4) is 0 Å². The van der Waals surface area contributed by atoms with Gasteiger partial charge in [0.25, 0.3) is 0 Å². The smallest absolute Gasteiger partial charge is 0.226 e. The lowest BCUT2D eigenvalue weighted by Gasteiger charge is -2.24. The maximum absolute atomic E-state index is 12.1. The van der Waals surface area contributed by atoms with Gasteiger partial charge in [-0.2, -0.15) is 0 Å². The van der Waals surface area contributed by atoms with Crippen LogP contribution in [0.15, 0.2) is 24.3 Å². The summed E-state index contributed by atoms with van der Waals surface area (Å²) in [7, 11) is 1.79. The average Bonchev–Trinajstić information content (AvgIpc) is 2.30. The maximum atomic E-state index is 12.1. The van der Waals surface area contributed by atoms with Crippen LogP contribution in [0.3, 0.4) is 0 Å². The lowest BCUT2D eigenvalue weighted by atomic mass is 10.1. The second-order valence-corrected chi connectivity index (χ2v) is 5.21. The molecule has 0 saturated heterocycles. The molecule has 0 heterocycles. The third-order valence-electron chi connectivity index (χ3n) is 3.03. The molecule has 4 heteroatoms. The third-order valence-corrected chi connectivity index (χ3v) is 3.19. The van der Waals surface area contributed by atoms with Gasteiger partial charge in [0, 0.05) is 19.5 Å². The van der Waals surface area contributed by atoms with Crippen molar-refractivity contribution in [1.82, 2.24) is 4.90 Å². The number of hydrogen-bond donors (Lipinski definition) is 1. The van der Waals surface area contributed by atoms with Crippen LogP contribution in [0, 0.1) is 6.92 Å². The Balaban J connectivity index is 2.59. The first-order valence-electron chi connectivity index (χ1n) is 5.99. The van der Waals surface area contributed by atoms with E-state index in [9.17, 15) is 4.79 Å². The van der Waals surface area contributed by atoms with Crippen molar-refractivity contribution in [2.45, 2.75) is 32.7 Å². The summed E-state index contributed by atoms with van der Waals surface area (Å²) in [5, 5.41) is 0. The van der Waals surface area contributed by atoms with Gasteiger partial charge in [-0.15, -0.1) is 0 Å². The van der Waals surface area contributed by atoms with Gasteiger partial charge in [-0.1, -0.05) is 42.0 Å². The van der Waals surface area contributed by atoms with Crippen LogP contribution in [-0.2, 0) is 11.2 Å². The number of thiocarbonyl (C=S) groups is 1. The highest BCUT2D eigenvalue weighted by Crippen LogP contribution is 2.08. The number of hydrogen-bond acceptors (Lipinski definition) is 2. The molecule has 3 nitrogen and oxygen atoms in total. The highest BCUT2D eigenvalue weighted by atomic mass is 32.1. The Morgan fingerprint density at radius 3 is 2.44 bits per heavy atom. The summed E-state index contributed by atoms with van der Waals surface area (Å²) in [4.78, 5) is 14.2. The van der Waals surface area contributed by atoms with Gasteiger partial charge in [-0.3, -0.25) is 4.79 Å². The van der Waals surface area contributed by atoms with E-state index >= 15 is 0 Å². The molecule has 0 aliphatic carbocycles. The van der Waals surface area contributed by atoms with Crippen molar-refractivity contribution in [1.29, 1.82) is 0 Å². The van der Waals surface area contributed by atoms with Gasteiger partial charge in [0.2, 0.25) is 5.91 Å². The molecule has 1 rings (SSSR count). The number of rotatable bonds is 5. The molecule has 0 aliphatic rings. The number of carbonyl (C=O) groups is 1. The summed E-state index contributed by atoms with van der Waals surface area (Å²) in [6, 6.07) is 8.04. The van der Waals surface area contributed by atoms with E-state index in [0.717, 1.165) is 5.56 Å². The van der Waals surface area contributed by atoms with E-state index in [4.69, 9.17) is 18.0 Å². The van der Waals surface area contributed by atoms with Gasteiger partial charge in [0.05, 0.1) is 11.4 Å². The number of benzene rings is 1. The Bertz CT molecular complexity index is 428. The van der Waals surface area contributed by atoms with Crippen LogP contribution >= 0.6 is 12.2 Å². The molecule has 1 atom stereocenters. The summed E-state index contributed by atoms with van der Waals surface area (Å²) >= 11 is 4.86. The minimum atomic E-state index is 0.0421. The first-order chi connectivity index (χ1) is 8.40. The molecule has 1 aromatic carbocycles. The number of nitrogens with zero attached hydrogens (tertiary/aromatic N) is 1. The normalized spacial score (nSPS) is 11.9. The zero-order chi connectivity index (χ0) is 13.7. The molecule has 1 amide bonds. The summed E-state index contributed by atoms with van der Waals surface area (Å²) < 4.78 is 0. The molecular weight excluding hydrogens is 244 g/mol. The molecule has 18 heavy (non-hydrogen) atoms. The topological polar surface area (TPSA) is 46.3 Å². The minimum absolute atomic E-state index is 0.0421. The molecule has 0 aromatic heterocycles. The Kier molecular flexibility index (Phi) is 5.28. The predicted octanol–water partition coefficient (Wildman–Crippen LogP) is 2.06. The van der Waals surface area contributed by atoms with E-state index in [1.165, 1.54) is 5.56 Å². The summed E-state index contributed by atoms with van der Waals surface area (Å²) in [5.41, 5.74) is 7.72. The highest BCUT2D eigenvalue weighted by Gasteiger charge is 2.16. The van der Waals surface area contributed by atoms with Crippen LogP contribution in [0.5, 0.6) is 0 Å².